The van der Waals surface area contributed by atoms with E-state index in [2.05, 4.69) is 5.32 Å². The number of carbonyl (C=O) groups excluding carboxylic acids is 2. The van der Waals surface area contributed by atoms with Gasteiger partial charge in [-0.1, -0.05) is 12.1 Å². The van der Waals surface area contributed by atoms with E-state index in [1.54, 1.807) is 17.0 Å². The third kappa shape index (κ3) is 3.79. The minimum Gasteiger partial charge on any atom is -0.324 e. The molecule has 1 aliphatic heterocycles. The van der Waals surface area contributed by atoms with E-state index in [0.29, 0.717) is 18.8 Å². The van der Waals surface area contributed by atoms with Gasteiger partial charge in [0.2, 0.25) is 5.91 Å². The predicted octanol–water partition coefficient (Wildman–Crippen LogP) is 3.32. The first-order valence-electron chi connectivity index (χ1n) is 8.13. The van der Waals surface area contributed by atoms with Crippen molar-refractivity contribution in [3.05, 3.63) is 59.4 Å². The van der Waals surface area contributed by atoms with Gasteiger partial charge in [-0.3, -0.25) is 9.69 Å². The van der Waals surface area contributed by atoms with E-state index in [9.17, 15) is 14.0 Å². The van der Waals surface area contributed by atoms with Crippen LogP contribution in [0.2, 0.25) is 0 Å². The molecule has 2 aromatic carbocycles. The van der Waals surface area contributed by atoms with Crippen molar-refractivity contribution in [2.24, 2.45) is 0 Å². The number of nitrogens with zero attached hydrogens (tertiary/aromatic N) is 2. The maximum atomic E-state index is 13.0. The third-order valence-electron chi connectivity index (χ3n) is 4.23. The van der Waals surface area contributed by atoms with Crippen molar-refractivity contribution >= 4 is 23.3 Å². The van der Waals surface area contributed by atoms with Crippen LogP contribution in [0.15, 0.2) is 42.5 Å². The molecule has 0 atom stereocenters. The molecule has 3 rings (SSSR count). The van der Waals surface area contributed by atoms with Gasteiger partial charge in [-0.2, -0.15) is 0 Å². The molecule has 3 amide bonds. The summed E-state index contributed by atoms with van der Waals surface area (Å²) in [5, 5.41) is 2.86. The normalized spacial score (nSPS) is 14.1. The highest BCUT2D eigenvalue weighted by Crippen LogP contribution is 2.21. The number of hydrogen-bond donors (Lipinski definition) is 1. The lowest BCUT2D eigenvalue weighted by molar-refractivity contribution is -0.116. The van der Waals surface area contributed by atoms with Crippen LogP contribution in [0.25, 0.3) is 0 Å². The van der Waals surface area contributed by atoms with Gasteiger partial charge >= 0.3 is 6.03 Å². The first-order chi connectivity index (χ1) is 11.9. The Labute approximate surface area is 146 Å². The van der Waals surface area contributed by atoms with Gasteiger partial charge < -0.3 is 10.2 Å². The summed E-state index contributed by atoms with van der Waals surface area (Å²) < 4.78 is 13.0. The number of urea groups is 1. The van der Waals surface area contributed by atoms with Crippen LogP contribution in [-0.2, 0) is 4.79 Å². The van der Waals surface area contributed by atoms with E-state index in [4.69, 9.17) is 0 Å². The molecule has 1 saturated heterocycles. The summed E-state index contributed by atoms with van der Waals surface area (Å²) in [5.41, 5.74) is 3.41. The molecule has 5 nitrogen and oxygen atoms in total. The molecule has 1 aliphatic rings. The summed E-state index contributed by atoms with van der Waals surface area (Å²) in [6.07, 6.45) is 0. The quantitative estimate of drug-likeness (QED) is 0.927. The van der Waals surface area contributed by atoms with Gasteiger partial charge in [-0.05, 0) is 55.3 Å². The number of hydrogen-bond acceptors (Lipinski definition) is 2. The minimum atomic E-state index is -0.347. The fourth-order valence-corrected chi connectivity index (χ4v) is 2.82. The van der Waals surface area contributed by atoms with Crippen LogP contribution in [0.1, 0.15) is 11.1 Å². The van der Waals surface area contributed by atoms with Gasteiger partial charge in [0, 0.05) is 24.5 Å². The zero-order valence-electron chi connectivity index (χ0n) is 14.3. The minimum absolute atomic E-state index is 0.0100. The monoisotopic (exact) mass is 341 g/mol. The number of aryl methyl sites for hydroxylation is 2. The molecule has 1 N–H and O–H groups in total. The van der Waals surface area contributed by atoms with Crippen LogP contribution in [-0.4, -0.2) is 36.5 Å². The average Bonchev–Trinajstić information content (AvgIpc) is 2.92. The van der Waals surface area contributed by atoms with Crippen molar-refractivity contribution < 1.29 is 14.0 Å². The molecule has 25 heavy (non-hydrogen) atoms. The Morgan fingerprint density at radius 2 is 1.84 bits per heavy atom. The summed E-state index contributed by atoms with van der Waals surface area (Å²) in [5.74, 6) is -0.580. The Morgan fingerprint density at radius 1 is 1.12 bits per heavy atom. The van der Waals surface area contributed by atoms with Crippen molar-refractivity contribution in [2.45, 2.75) is 13.8 Å². The molecular weight excluding hydrogens is 321 g/mol. The zero-order chi connectivity index (χ0) is 18.0. The first kappa shape index (κ1) is 17.0. The number of anilines is 2. The highest BCUT2D eigenvalue weighted by molar-refractivity contribution is 5.99. The smallest absolute Gasteiger partial charge is 0.324 e. The predicted molar refractivity (Wildman–Crippen MR) is 95.3 cm³/mol. The Kier molecular flexibility index (Phi) is 4.70. The van der Waals surface area contributed by atoms with E-state index >= 15 is 0 Å². The number of halogens is 1. The van der Waals surface area contributed by atoms with Gasteiger partial charge in [0.05, 0.1) is 0 Å². The molecule has 2 aromatic rings. The second-order valence-corrected chi connectivity index (χ2v) is 6.20. The molecular formula is C19H20FN3O2. The fraction of sp³-hybridized carbons (Fsp3) is 0.263. The number of benzene rings is 2. The van der Waals surface area contributed by atoms with Crippen LogP contribution in [0.5, 0.6) is 0 Å². The molecule has 0 aromatic heterocycles. The number of rotatable bonds is 4. The summed E-state index contributed by atoms with van der Waals surface area (Å²) >= 11 is 0. The topological polar surface area (TPSA) is 52.7 Å². The SMILES string of the molecule is Cc1ccc(C)c(NC(=O)CN2CCN(c3ccc(F)cc3)C2=O)c1. The molecule has 0 unspecified atom stereocenters. The van der Waals surface area contributed by atoms with E-state index < -0.39 is 0 Å². The Balaban J connectivity index is 1.63. The average molecular weight is 341 g/mol. The molecule has 1 heterocycles. The maximum absolute atomic E-state index is 13.0. The van der Waals surface area contributed by atoms with E-state index in [-0.39, 0.29) is 24.3 Å². The highest BCUT2D eigenvalue weighted by Gasteiger charge is 2.30. The number of nitrogens with one attached hydrogen (secondary N) is 1. The Morgan fingerprint density at radius 3 is 2.56 bits per heavy atom. The molecule has 0 bridgehead atoms. The summed E-state index contributed by atoms with van der Waals surface area (Å²) in [4.78, 5) is 27.8. The Bertz CT molecular complexity index is 805. The van der Waals surface area contributed by atoms with Gasteiger partial charge in [-0.25, -0.2) is 9.18 Å². The van der Waals surface area contributed by atoms with Crippen LogP contribution in [0, 0.1) is 19.7 Å². The molecule has 130 valence electrons. The van der Waals surface area contributed by atoms with Crippen LogP contribution in [0.3, 0.4) is 0 Å². The van der Waals surface area contributed by atoms with E-state index in [0.717, 1.165) is 16.8 Å². The molecule has 1 fully saturated rings. The zero-order valence-corrected chi connectivity index (χ0v) is 14.3. The summed E-state index contributed by atoms with van der Waals surface area (Å²) in [6, 6.07) is 11.3. The lowest BCUT2D eigenvalue weighted by Crippen LogP contribution is -2.37. The number of carbonyl (C=O) groups is 2. The molecule has 0 radical (unpaired) electrons. The second-order valence-electron chi connectivity index (χ2n) is 6.20. The number of amides is 3. The van der Waals surface area contributed by atoms with Gasteiger partial charge in [0.25, 0.3) is 0 Å². The van der Waals surface area contributed by atoms with Crippen molar-refractivity contribution in [2.75, 3.05) is 29.9 Å². The van der Waals surface area contributed by atoms with Gasteiger partial charge in [0.15, 0.2) is 0 Å². The van der Waals surface area contributed by atoms with Crippen LogP contribution >= 0.6 is 0 Å². The van der Waals surface area contributed by atoms with E-state index in [1.807, 2.05) is 32.0 Å². The van der Waals surface area contributed by atoms with Crippen molar-refractivity contribution in [1.29, 1.82) is 0 Å². The lowest BCUT2D eigenvalue weighted by Gasteiger charge is -2.19. The largest absolute Gasteiger partial charge is 0.325 e. The standard InChI is InChI=1S/C19H20FN3O2/c1-13-3-4-14(2)17(11-13)21-18(24)12-22-9-10-23(19(22)25)16-7-5-15(20)6-8-16/h3-8,11H,9-10,12H2,1-2H3,(H,21,24). The maximum Gasteiger partial charge on any atom is 0.325 e. The molecule has 0 saturated carbocycles. The van der Waals surface area contributed by atoms with Gasteiger partial charge in [-0.15, -0.1) is 0 Å². The van der Waals surface area contributed by atoms with E-state index in [1.165, 1.54) is 17.0 Å². The van der Waals surface area contributed by atoms with Crippen molar-refractivity contribution in [3.63, 3.8) is 0 Å². The fourth-order valence-electron chi connectivity index (χ4n) is 2.82. The van der Waals surface area contributed by atoms with Crippen molar-refractivity contribution in [1.82, 2.24) is 4.90 Å². The highest BCUT2D eigenvalue weighted by atomic mass is 19.1. The summed E-state index contributed by atoms with van der Waals surface area (Å²) in [6.45, 7) is 4.80. The first-order valence-corrected chi connectivity index (χ1v) is 8.13. The molecule has 6 heteroatoms. The summed E-state index contributed by atoms with van der Waals surface area (Å²) in [7, 11) is 0. The van der Waals surface area contributed by atoms with Gasteiger partial charge in [0.1, 0.15) is 12.4 Å². The van der Waals surface area contributed by atoms with Crippen LogP contribution in [0.4, 0.5) is 20.6 Å². The van der Waals surface area contributed by atoms with Crippen LogP contribution < -0.4 is 10.2 Å². The third-order valence-corrected chi connectivity index (χ3v) is 4.23. The van der Waals surface area contributed by atoms with Crippen molar-refractivity contribution in [3.8, 4) is 0 Å². The molecule has 0 aliphatic carbocycles. The lowest BCUT2D eigenvalue weighted by atomic mass is 10.1. The second kappa shape index (κ2) is 6.93. The Hall–Kier alpha value is -2.89. The molecule has 0 spiro atoms.